The van der Waals surface area contributed by atoms with Crippen molar-refractivity contribution in [3.63, 3.8) is 0 Å². The molecular weight excluding hydrogens is 274 g/mol. The highest BCUT2D eigenvalue weighted by Crippen LogP contribution is 2.21. The van der Waals surface area contributed by atoms with E-state index in [1.54, 1.807) is 7.05 Å². The van der Waals surface area contributed by atoms with Crippen molar-refractivity contribution in [2.24, 2.45) is 0 Å². The van der Waals surface area contributed by atoms with Gasteiger partial charge in [0.2, 0.25) is 0 Å². The second kappa shape index (κ2) is 10.6. The SMILES string of the molecule is CCCCCCCCCCCCC(C)(NC)S(=O)(=O)O. The molecule has 4 nitrogen and oxygen atoms in total. The maximum atomic E-state index is 11.3. The maximum absolute atomic E-state index is 11.3. The smallest absolute Gasteiger partial charge is 0.283 e. The highest BCUT2D eigenvalue weighted by atomic mass is 32.2. The Morgan fingerprint density at radius 2 is 1.30 bits per heavy atom. The lowest BCUT2D eigenvalue weighted by atomic mass is 10.0. The Labute approximate surface area is 125 Å². The van der Waals surface area contributed by atoms with Gasteiger partial charge in [0, 0.05) is 0 Å². The molecule has 1 atom stereocenters. The summed E-state index contributed by atoms with van der Waals surface area (Å²) in [5.41, 5.74) is 0. The molecule has 0 bridgehead atoms. The standard InChI is InChI=1S/C15H33NO3S/c1-4-5-6-7-8-9-10-11-12-13-14-15(2,16-3)20(17,18)19/h16H,4-14H2,1-3H3,(H,17,18,19). The zero-order valence-corrected chi connectivity index (χ0v) is 14.3. The Balaban J connectivity index is 3.57. The van der Waals surface area contributed by atoms with Crippen molar-refractivity contribution in [1.29, 1.82) is 0 Å². The van der Waals surface area contributed by atoms with Crippen molar-refractivity contribution in [2.75, 3.05) is 7.05 Å². The van der Waals surface area contributed by atoms with Gasteiger partial charge in [0.05, 0.1) is 0 Å². The molecule has 0 saturated heterocycles. The van der Waals surface area contributed by atoms with Crippen LogP contribution >= 0.6 is 0 Å². The van der Waals surface area contributed by atoms with Gasteiger partial charge in [-0.05, 0) is 20.4 Å². The summed E-state index contributed by atoms with van der Waals surface area (Å²) in [4.78, 5) is -1.20. The molecule has 0 fully saturated rings. The van der Waals surface area contributed by atoms with Crippen LogP contribution in [0.1, 0.15) is 84.5 Å². The van der Waals surface area contributed by atoms with Crippen LogP contribution in [0.4, 0.5) is 0 Å². The third kappa shape index (κ3) is 8.22. The van der Waals surface area contributed by atoms with Gasteiger partial charge in [0.25, 0.3) is 10.1 Å². The minimum Gasteiger partial charge on any atom is -0.300 e. The first kappa shape index (κ1) is 19.9. The topological polar surface area (TPSA) is 66.4 Å². The summed E-state index contributed by atoms with van der Waals surface area (Å²) in [5, 5.41) is 2.71. The summed E-state index contributed by atoms with van der Waals surface area (Å²) in [6.07, 6.45) is 12.6. The number of hydrogen-bond donors (Lipinski definition) is 2. The molecular formula is C15H33NO3S. The van der Waals surface area contributed by atoms with Gasteiger partial charge in [0.15, 0.2) is 0 Å². The molecule has 0 aromatic rings. The zero-order valence-electron chi connectivity index (χ0n) is 13.5. The molecule has 0 aliphatic carbocycles. The predicted molar refractivity (Wildman–Crippen MR) is 85.5 cm³/mol. The molecule has 0 amide bonds. The van der Waals surface area contributed by atoms with Gasteiger partial charge in [-0.3, -0.25) is 9.87 Å². The molecule has 0 aromatic heterocycles. The van der Waals surface area contributed by atoms with E-state index in [1.807, 2.05) is 0 Å². The van der Waals surface area contributed by atoms with Crippen LogP contribution in [0.5, 0.6) is 0 Å². The van der Waals surface area contributed by atoms with E-state index in [1.165, 1.54) is 51.9 Å². The summed E-state index contributed by atoms with van der Waals surface area (Å²) in [6, 6.07) is 0. The van der Waals surface area contributed by atoms with Crippen molar-refractivity contribution in [3.05, 3.63) is 0 Å². The van der Waals surface area contributed by atoms with Crippen molar-refractivity contribution in [2.45, 2.75) is 89.3 Å². The molecule has 0 saturated carbocycles. The summed E-state index contributed by atoms with van der Waals surface area (Å²) in [7, 11) is -2.46. The summed E-state index contributed by atoms with van der Waals surface area (Å²) in [6.45, 7) is 3.77. The van der Waals surface area contributed by atoms with E-state index in [0.717, 1.165) is 19.3 Å². The van der Waals surface area contributed by atoms with Gasteiger partial charge in [-0.15, -0.1) is 0 Å². The second-order valence-electron chi connectivity index (χ2n) is 5.89. The highest BCUT2D eigenvalue weighted by molar-refractivity contribution is 7.87. The predicted octanol–water partition coefficient (Wildman–Crippen LogP) is 4.12. The Hall–Kier alpha value is -0.130. The van der Waals surface area contributed by atoms with Crippen LogP contribution in [-0.4, -0.2) is 24.9 Å². The first-order chi connectivity index (χ1) is 9.37. The molecule has 0 rings (SSSR count). The van der Waals surface area contributed by atoms with E-state index in [2.05, 4.69) is 12.2 Å². The monoisotopic (exact) mass is 307 g/mol. The molecule has 2 N–H and O–H groups in total. The van der Waals surface area contributed by atoms with Crippen LogP contribution in [0.15, 0.2) is 0 Å². The molecule has 0 heterocycles. The lowest BCUT2D eigenvalue weighted by molar-refractivity contribution is 0.380. The van der Waals surface area contributed by atoms with Crippen molar-refractivity contribution in [1.82, 2.24) is 5.32 Å². The Morgan fingerprint density at radius 3 is 1.65 bits per heavy atom. The van der Waals surface area contributed by atoms with Crippen molar-refractivity contribution >= 4 is 10.1 Å². The average Bonchev–Trinajstić information content (AvgIpc) is 2.39. The Kier molecular flexibility index (Phi) is 10.5. The Bertz CT molecular complexity index is 330. The molecule has 0 aliphatic rings. The fraction of sp³-hybridized carbons (Fsp3) is 1.00. The molecule has 0 aromatic carbocycles. The van der Waals surface area contributed by atoms with Crippen LogP contribution in [-0.2, 0) is 10.1 Å². The lowest BCUT2D eigenvalue weighted by Crippen LogP contribution is -2.47. The second-order valence-corrected chi connectivity index (χ2v) is 7.74. The molecule has 20 heavy (non-hydrogen) atoms. The largest absolute Gasteiger partial charge is 0.300 e. The first-order valence-corrected chi connectivity index (χ1v) is 9.47. The van der Waals surface area contributed by atoms with Gasteiger partial charge >= 0.3 is 0 Å². The highest BCUT2D eigenvalue weighted by Gasteiger charge is 2.35. The minimum atomic E-state index is -4.04. The van der Waals surface area contributed by atoms with E-state index in [4.69, 9.17) is 0 Å². The summed E-state index contributed by atoms with van der Waals surface area (Å²) < 4.78 is 31.7. The summed E-state index contributed by atoms with van der Waals surface area (Å²) >= 11 is 0. The van der Waals surface area contributed by atoms with Crippen LogP contribution in [0.25, 0.3) is 0 Å². The van der Waals surface area contributed by atoms with E-state index in [0.29, 0.717) is 6.42 Å². The van der Waals surface area contributed by atoms with Gasteiger partial charge < -0.3 is 0 Å². The van der Waals surface area contributed by atoms with Crippen molar-refractivity contribution < 1.29 is 13.0 Å². The van der Waals surface area contributed by atoms with E-state index < -0.39 is 15.0 Å². The average molecular weight is 308 g/mol. The zero-order chi connectivity index (χ0) is 15.5. The van der Waals surface area contributed by atoms with Crippen LogP contribution in [0.2, 0.25) is 0 Å². The molecule has 0 spiro atoms. The van der Waals surface area contributed by atoms with Crippen LogP contribution < -0.4 is 5.32 Å². The third-order valence-electron chi connectivity index (χ3n) is 4.11. The molecule has 122 valence electrons. The normalized spacial score (nSPS) is 15.2. The van der Waals surface area contributed by atoms with E-state index >= 15 is 0 Å². The van der Waals surface area contributed by atoms with Gasteiger partial charge in [-0.1, -0.05) is 71.1 Å². The molecule has 0 radical (unpaired) electrons. The molecule has 1 unspecified atom stereocenters. The number of nitrogens with one attached hydrogen (secondary N) is 1. The van der Waals surface area contributed by atoms with Crippen LogP contribution in [0.3, 0.4) is 0 Å². The lowest BCUT2D eigenvalue weighted by Gasteiger charge is -2.25. The maximum Gasteiger partial charge on any atom is 0.283 e. The van der Waals surface area contributed by atoms with E-state index in [-0.39, 0.29) is 0 Å². The van der Waals surface area contributed by atoms with Crippen LogP contribution in [0, 0.1) is 0 Å². The third-order valence-corrected chi connectivity index (χ3v) is 5.65. The fourth-order valence-electron chi connectivity index (χ4n) is 2.33. The Morgan fingerprint density at radius 1 is 0.900 bits per heavy atom. The van der Waals surface area contributed by atoms with Gasteiger partial charge in [0.1, 0.15) is 4.87 Å². The van der Waals surface area contributed by atoms with Gasteiger partial charge in [-0.2, -0.15) is 8.42 Å². The summed E-state index contributed by atoms with van der Waals surface area (Å²) in [5.74, 6) is 0. The minimum absolute atomic E-state index is 0.457. The number of hydrogen-bond acceptors (Lipinski definition) is 3. The van der Waals surface area contributed by atoms with Gasteiger partial charge in [-0.25, -0.2) is 0 Å². The molecule has 0 aliphatic heterocycles. The first-order valence-electron chi connectivity index (χ1n) is 8.03. The fourth-order valence-corrected chi connectivity index (χ4v) is 2.99. The van der Waals surface area contributed by atoms with Crippen molar-refractivity contribution in [3.8, 4) is 0 Å². The molecule has 5 heteroatoms. The number of unbranched alkanes of at least 4 members (excludes halogenated alkanes) is 9. The van der Waals surface area contributed by atoms with E-state index in [9.17, 15) is 13.0 Å². The quantitative estimate of drug-likeness (QED) is 0.397. The number of rotatable bonds is 13.